The van der Waals surface area contributed by atoms with Gasteiger partial charge in [0.2, 0.25) is 17.7 Å². The van der Waals surface area contributed by atoms with E-state index in [4.69, 9.17) is 35.2 Å². The van der Waals surface area contributed by atoms with Crippen LogP contribution in [0, 0.1) is 24.2 Å². The molecule has 0 radical (unpaired) electrons. The van der Waals surface area contributed by atoms with Crippen molar-refractivity contribution >= 4 is 219 Å². The average molecular weight is 1710 g/mol. The molecule has 0 aliphatic heterocycles. The molecule has 0 spiro atoms. The number of alkyl halides is 9. The van der Waals surface area contributed by atoms with Crippen LogP contribution in [0.15, 0.2) is 164 Å². The molecule has 3 saturated carbocycles. The number of halogens is 10. The second-order valence-corrected chi connectivity index (χ2v) is 27.2. The van der Waals surface area contributed by atoms with Gasteiger partial charge >= 0.3 is 208 Å². The van der Waals surface area contributed by atoms with Crippen LogP contribution in [0.1, 0.15) is 232 Å². The van der Waals surface area contributed by atoms with Crippen molar-refractivity contribution in [2.45, 2.75) is 187 Å². The summed E-state index contributed by atoms with van der Waals surface area (Å²) in [6.07, 6.45) is -0.385. The minimum absolute atomic E-state index is 0. The molecule has 0 bridgehead atoms. The van der Waals surface area contributed by atoms with Gasteiger partial charge in [-0.2, -0.15) is 39.5 Å². The number of terminal acetylenes is 1. The Hall–Kier alpha value is -0.432. The van der Waals surface area contributed by atoms with Crippen LogP contribution in [0.2, 0.25) is 5.15 Å². The number of nitrogens with zero attached hydrogens (tertiary/aromatic N) is 6. The third kappa shape index (κ3) is 30.3. The number of benzene rings is 6. The zero-order chi connectivity index (χ0) is 80.8. The van der Waals surface area contributed by atoms with E-state index in [-0.39, 0.29) is 64.3 Å². The molecule has 28 heteroatoms. The molecule has 3 aromatic heterocycles. The molecule has 3 heterocycles. The van der Waals surface area contributed by atoms with Crippen LogP contribution in [0.3, 0.4) is 0 Å². The Morgan fingerprint density at radius 3 is 1.12 bits per heavy atom. The Labute approximate surface area is 794 Å². The number of primary amides is 3. The first-order valence-electron chi connectivity index (χ1n) is 36.5. The first-order valence-corrected chi connectivity index (χ1v) is 84.9. The van der Waals surface area contributed by atoms with Crippen molar-refractivity contribution in [1.29, 1.82) is 0 Å². The molecule has 6 N–H and O–H groups in total. The molecule has 564 valence electrons. The van der Waals surface area contributed by atoms with Crippen molar-refractivity contribution in [1.82, 2.24) is 29.9 Å². The van der Waals surface area contributed by atoms with Crippen LogP contribution in [-0.2, 0) is 81.3 Å². The number of aryl methyl sites for hydroxylation is 2. The summed E-state index contributed by atoms with van der Waals surface area (Å²) in [5.74, 6) is 8.96. The van der Waals surface area contributed by atoms with E-state index in [0.717, 1.165) is 70.4 Å². The molecule has 6 aromatic carbocycles. The summed E-state index contributed by atoms with van der Waals surface area (Å²) >= 11 is 13.1. The molecule has 9 aromatic rings. The van der Waals surface area contributed by atoms with Gasteiger partial charge < -0.3 is 17.2 Å². The monoisotopic (exact) mass is 1710 g/mol. The summed E-state index contributed by atoms with van der Waals surface area (Å²) in [6, 6.07) is 45.4. The van der Waals surface area contributed by atoms with Crippen molar-refractivity contribution < 1.29 is 53.9 Å². The second-order valence-electron chi connectivity index (χ2n) is 26.9. The summed E-state index contributed by atoms with van der Waals surface area (Å²) in [4.78, 5) is 59.2. The normalized spacial score (nSPS) is 13.5. The van der Waals surface area contributed by atoms with Crippen LogP contribution in [0.25, 0.3) is 0 Å². The first kappa shape index (κ1) is 106. The van der Waals surface area contributed by atoms with Gasteiger partial charge in [0.15, 0.2) is 0 Å². The molecule has 0 atom stereocenters. The van der Waals surface area contributed by atoms with Gasteiger partial charge in [-0.05, 0) is 143 Å². The average Bonchev–Trinajstić information content (AvgIpc) is 1.61. The molecule has 0 saturated heterocycles. The van der Waals surface area contributed by atoms with E-state index in [1.165, 1.54) is 206 Å². The third-order valence-electron chi connectivity index (χ3n) is 18.7. The summed E-state index contributed by atoms with van der Waals surface area (Å²) in [5, 5.41) is -0.564. The van der Waals surface area contributed by atoms with Crippen LogP contribution >= 0.6 is 11.6 Å². The van der Waals surface area contributed by atoms with Gasteiger partial charge in [-0.15, -0.1) is 6.42 Å². The molecule has 3 amide bonds. The van der Waals surface area contributed by atoms with Crippen LogP contribution in [0.5, 0.6) is 0 Å². The van der Waals surface area contributed by atoms with E-state index < -0.39 is 68.2 Å². The van der Waals surface area contributed by atoms with Gasteiger partial charge in [-0.25, -0.2) is 29.9 Å². The fraction of sp³-hybridized carbons (Fsp3) is 0.345. The van der Waals surface area contributed by atoms with E-state index >= 15 is 0 Å². The maximum atomic E-state index is 13.7. The minimum atomic E-state index is -4.65. The Balaban J connectivity index is 0.000000391. The predicted molar refractivity (Wildman–Crippen MR) is 432 cm³/mol. The summed E-state index contributed by atoms with van der Waals surface area (Å²) in [7, 11) is 0. The third-order valence-corrected chi connectivity index (χ3v) is 19.0. The summed E-state index contributed by atoms with van der Waals surface area (Å²) < 4.78 is 120. The Morgan fingerprint density at radius 2 is 0.759 bits per heavy atom. The van der Waals surface area contributed by atoms with E-state index in [1.54, 1.807) is 24.3 Å². The van der Waals surface area contributed by atoms with Gasteiger partial charge in [-0.3, -0.25) is 14.4 Å². The molecule has 0 unspecified atom stereocenters. The number of rotatable bonds is 18. The molecular weight excluding hydrogens is 1620 g/mol. The van der Waals surface area contributed by atoms with Crippen LogP contribution in [0.4, 0.5) is 39.5 Å². The summed E-state index contributed by atoms with van der Waals surface area (Å²) in [5.41, 5.74) is 22.2. The standard InChI is InChI=1S/C27H28F3N3O.C27H24F3N3O.C15H14ClF3N2.C12H11NO.3CH4.6K/c2*1-17(2)19-9-7-18(8-10-19)15-24-32-16-22(27(28,29)30)23(33-24)12-11-20-5-3-4-6-21(20)26(13-14-26)25(31)34;1-9(2)11-5-3-10(4-6-11)7-13-20-8-12(14(16)21-13)15(17,18)19;1-2-9-5-3-4-6-10(9)12(7-8-12)11(13)14;;;;;;;;;/h3-10,16-17H,11-15H2,1-2H3,(H2,31,34);3-10,16-17H,13-15H2,1-2H3,(H2,31,34);3-6,8-9H,7H2,1-2H3;1,3-6H,7-8H2,(H2,13,14);3*1H4;;;;;;. The molecular formula is C84H89ClF9K6N9O3. The number of nitrogens with two attached hydrogens (primary N) is 3. The number of hydrogen-bond donors (Lipinski definition) is 3. The van der Waals surface area contributed by atoms with Crippen LogP contribution < -0.4 is 17.2 Å². The van der Waals surface area contributed by atoms with Crippen molar-refractivity contribution in [3.05, 3.63) is 282 Å². The van der Waals surface area contributed by atoms with Gasteiger partial charge in [0.1, 0.15) is 39.4 Å². The van der Waals surface area contributed by atoms with Gasteiger partial charge in [0.25, 0.3) is 0 Å². The van der Waals surface area contributed by atoms with Crippen LogP contribution in [-0.4, -0.2) is 237 Å². The number of carbonyl (C=O) groups excluding carboxylic acids is 3. The zero-order valence-electron chi connectivity index (χ0n) is 63.6. The Morgan fingerprint density at radius 1 is 0.438 bits per heavy atom. The SMILES string of the molecule is C.C.C.C#Cc1ccccc1C1(C(N)=O)CC1.CC(C)c1ccc(Cc2ncc(C(F)(F)F)c(C#Cc3ccccc3C3(C(N)=O)CC3)n2)cc1.CC(C)c1ccc(Cc2ncc(C(F)(F)F)c(CCc3ccccc3C3(C(N)=O)CC3)n2)cc1.CC(C)c1ccc(Cc2ncc(C(F)(F)F)c(Cl)n2)cc1.[K][K].[K][K].[K][K]. The quantitative estimate of drug-likeness (QED) is 0.0323. The Kier molecular flexibility index (Phi) is 46.8. The number of aromatic nitrogens is 6. The van der Waals surface area contributed by atoms with Crippen molar-refractivity contribution in [3.63, 3.8) is 0 Å². The fourth-order valence-corrected chi connectivity index (χ4v) is 12.3. The molecule has 112 heavy (non-hydrogen) atoms. The molecule has 3 aliphatic rings. The number of amides is 3. The van der Waals surface area contributed by atoms with E-state index in [9.17, 15) is 53.9 Å². The van der Waals surface area contributed by atoms with Gasteiger partial charge in [0.05, 0.1) is 27.5 Å². The van der Waals surface area contributed by atoms with Gasteiger partial charge in [0, 0.05) is 49.0 Å². The molecule has 3 fully saturated rings. The van der Waals surface area contributed by atoms with E-state index in [2.05, 4.69) is 89.2 Å². The molecule has 3 aliphatic carbocycles. The Bertz CT molecular complexity index is 4670. The summed E-state index contributed by atoms with van der Waals surface area (Å²) in [6.45, 7) is 12.6. The second kappa shape index (κ2) is 49.6. The van der Waals surface area contributed by atoms with E-state index in [1.807, 2.05) is 121 Å². The molecule has 12 rings (SSSR count). The van der Waals surface area contributed by atoms with E-state index in [0.29, 0.717) is 79.7 Å². The topological polar surface area (TPSA) is 207 Å². The number of hydrogen-bond acceptors (Lipinski definition) is 9. The molecule has 12 nitrogen and oxygen atoms in total. The van der Waals surface area contributed by atoms with Crippen molar-refractivity contribution in [2.24, 2.45) is 17.2 Å². The first-order chi connectivity index (χ1) is 51.7. The van der Waals surface area contributed by atoms with Crippen molar-refractivity contribution in [3.8, 4) is 24.2 Å². The van der Waals surface area contributed by atoms with Gasteiger partial charge in [-0.1, -0.05) is 221 Å². The zero-order valence-corrected chi connectivity index (χ0v) is 83.1. The predicted octanol–water partition coefficient (Wildman–Crippen LogP) is 16.3. The fourth-order valence-electron chi connectivity index (χ4n) is 12.0. The maximum absolute atomic E-state index is 13.7. The number of carbonyl (C=O) groups is 3. The van der Waals surface area contributed by atoms with Crippen molar-refractivity contribution in [2.75, 3.05) is 0 Å².